The van der Waals surface area contributed by atoms with Crippen LogP contribution in [0.25, 0.3) is 0 Å². The zero-order valence-corrected chi connectivity index (χ0v) is 13.6. The van der Waals surface area contributed by atoms with Crippen molar-refractivity contribution < 1.29 is 9.32 Å². The van der Waals surface area contributed by atoms with Crippen LogP contribution in [0.2, 0.25) is 0 Å². The van der Waals surface area contributed by atoms with Crippen molar-refractivity contribution in [2.24, 2.45) is 0 Å². The third kappa shape index (κ3) is 3.70. The van der Waals surface area contributed by atoms with E-state index < -0.39 is 0 Å². The maximum atomic E-state index is 12.4. The van der Waals surface area contributed by atoms with Gasteiger partial charge in [-0.05, 0) is 37.5 Å². The van der Waals surface area contributed by atoms with E-state index in [9.17, 15) is 4.79 Å². The summed E-state index contributed by atoms with van der Waals surface area (Å²) in [5.74, 6) is 0.541. The first-order valence-electron chi connectivity index (χ1n) is 8.10. The second-order valence-corrected chi connectivity index (χ2v) is 5.95. The molecule has 0 saturated carbocycles. The fourth-order valence-electron chi connectivity index (χ4n) is 2.82. The zero-order valence-electron chi connectivity index (χ0n) is 13.6. The fraction of sp³-hybridized carbons (Fsp3) is 0.471. The molecule has 0 atom stereocenters. The molecule has 0 radical (unpaired) electrons. The van der Waals surface area contributed by atoms with Crippen LogP contribution in [-0.4, -0.2) is 40.1 Å². The van der Waals surface area contributed by atoms with Gasteiger partial charge in [-0.15, -0.1) is 0 Å². The summed E-state index contributed by atoms with van der Waals surface area (Å²) in [4.78, 5) is 18.3. The molecule has 1 N–H and O–H groups in total. The van der Waals surface area contributed by atoms with Crippen LogP contribution in [0.5, 0.6) is 0 Å². The fourth-order valence-corrected chi connectivity index (χ4v) is 2.82. The number of aromatic nitrogens is 2. The van der Waals surface area contributed by atoms with Crippen LogP contribution >= 0.6 is 0 Å². The minimum Gasteiger partial charge on any atom is -0.382 e. The van der Waals surface area contributed by atoms with Gasteiger partial charge in [-0.1, -0.05) is 24.2 Å². The van der Waals surface area contributed by atoms with Gasteiger partial charge in [-0.3, -0.25) is 4.79 Å². The van der Waals surface area contributed by atoms with Crippen LogP contribution in [0.15, 0.2) is 28.8 Å². The Bertz CT molecular complexity index is 675. The third-order valence-electron chi connectivity index (χ3n) is 4.13. The van der Waals surface area contributed by atoms with Gasteiger partial charge in [0, 0.05) is 31.2 Å². The number of nitrogens with one attached hydrogen (secondary N) is 1. The lowest BCUT2D eigenvalue weighted by molar-refractivity contribution is 0.0703. The van der Waals surface area contributed by atoms with Crippen molar-refractivity contribution in [3.8, 4) is 0 Å². The molecule has 2 aromatic rings. The smallest absolute Gasteiger partial charge is 0.295 e. The highest BCUT2D eigenvalue weighted by Gasteiger charge is 2.26. The van der Waals surface area contributed by atoms with Crippen LogP contribution < -0.4 is 5.32 Å². The number of benzene rings is 1. The number of carbonyl (C=O) groups excluding carboxylic acids is 1. The number of hydrogen-bond acceptors (Lipinski definition) is 5. The first-order chi connectivity index (χ1) is 11.2. The van der Waals surface area contributed by atoms with Gasteiger partial charge in [0.05, 0.1) is 0 Å². The first kappa shape index (κ1) is 15.5. The molecule has 0 aliphatic carbocycles. The second-order valence-electron chi connectivity index (χ2n) is 5.95. The number of aryl methyl sites for hydroxylation is 2. The van der Waals surface area contributed by atoms with Crippen molar-refractivity contribution in [3.63, 3.8) is 0 Å². The van der Waals surface area contributed by atoms with E-state index >= 15 is 0 Å². The van der Waals surface area contributed by atoms with E-state index in [2.05, 4.69) is 46.6 Å². The number of rotatable bonds is 4. The standard InChI is InChI=1S/C17H22N4O2/c1-3-15-19-16(20-23-15)17(22)21-9-7-13(8-10-21)18-14-6-4-5-12(2)11-14/h4-6,11,13,18H,3,7-10H2,1-2H3. The van der Waals surface area contributed by atoms with E-state index in [1.807, 2.05) is 6.92 Å². The van der Waals surface area contributed by atoms with Crippen LogP contribution in [0.1, 0.15) is 41.8 Å². The SMILES string of the molecule is CCc1nc(C(=O)N2CCC(Nc3cccc(C)c3)CC2)no1. The van der Waals surface area contributed by atoms with E-state index in [1.54, 1.807) is 4.90 Å². The molecule has 0 bridgehead atoms. The second kappa shape index (κ2) is 6.81. The molecule has 6 nitrogen and oxygen atoms in total. The van der Waals surface area contributed by atoms with E-state index in [0.717, 1.165) is 18.5 Å². The number of carbonyl (C=O) groups is 1. The number of likely N-dealkylation sites (tertiary alicyclic amines) is 1. The van der Waals surface area contributed by atoms with Gasteiger partial charge in [0.2, 0.25) is 5.89 Å². The number of amides is 1. The monoisotopic (exact) mass is 314 g/mol. The predicted molar refractivity (Wildman–Crippen MR) is 87.4 cm³/mol. The van der Waals surface area contributed by atoms with Crippen molar-refractivity contribution in [1.29, 1.82) is 0 Å². The maximum Gasteiger partial charge on any atom is 0.295 e. The van der Waals surface area contributed by atoms with Crippen molar-refractivity contribution in [1.82, 2.24) is 15.0 Å². The average molecular weight is 314 g/mol. The Kier molecular flexibility index (Phi) is 4.60. The van der Waals surface area contributed by atoms with Gasteiger partial charge >= 0.3 is 0 Å². The summed E-state index contributed by atoms with van der Waals surface area (Å²) >= 11 is 0. The van der Waals surface area contributed by atoms with Crippen LogP contribution in [0.3, 0.4) is 0 Å². The Morgan fingerprint density at radius 1 is 1.39 bits per heavy atom. The van der Waals surface area contributed by atoms with E-state index in [1.165, 1.54) is 5.56 Å². The summed E-state index contributed by atoms with van der Waals surface area (Å²) in [6, 6.07) is 8.75. The predicted octanol–water partition coefficient (Wildman–Crippen LogP) is 2.66. The van der Waals surface area contributed by atoms with Crippen molar-refractivity contribution in [2.45, 2.75) is 39.2 Å². The summed E-state index contributed by atoms with van der Waals surface area (Å²) < 4.78 is 5.02. The highest BCUT2D eigenvalue weighted by molar-refractivity contribution is 5.90. The van der Waals surface area contributed by atoms with Crippen molar-refractivity contribution in [3.05, 3.63) is 41.5 Å². The molecule has 1 fully saturated rings. The summed E-state index contributed by atoms with van der Waals surface area (Å²) in [7, 11) is 0. The molecule has 1 aromatic carbocycles. The largest absolute Gasteiger partial charge is 0.382 e. The van der Waals surface area contributed by atoms with Gasteiger partial charge in [0.15, 0.2) is 0 Å². The topological polar surface area (TPSA) is 71.3 Å². The molecule has 0 spiro atoms. The van der Waals surface area contributed by atoms with Crippen molar-refractivity contribution >= 4 is 11.6 Å². The number of piperidine rings is 1. The van der Waals surface area contributed by atoms with Crippen LogP contribution in [-0.2, 0) is 6.42 Å². The minimum atomic E-state index is -0.137. The highest BCUT2D eigenvalue weighted by atomic mass is 16.5. The van der Waals surface area contributed by atoms with Gasteiger partial charge in [0.1, 0.15) is 0 Å². The average Bonchev–Trinajstić information content (AvgIpc) is 3.04. The lowest BCUT2D eigenvalue weighted by atomic mass is 10.0. The molecule has 1 aromatic heterocycles. The molecular formula is C17H22N4O2. The third-order valence-corrected chi connectivity index (χ3v) is 4.13. The molecule has 6 heteroatoms. The van der Waals surface area contributed by atoms with Gasteiger partial charge < -0.3 is 14.7 Å². The normalized spacial score (nSPS) is 15.7. The first-order valence-corrected chi connectivity index (χ1v) is 8.10. The molecular weight excluding hydrogens is 292 g/mol. The number of nitrogens with zero attached hydrogens (tertiary/aromatic N) is 3. The Morgan fingerprint density at radius 3 is 2.83 bits per heavy atom. The van der Waals surface area contributed by atoms with Crippen LogP contribution in [0.4, 0.5) is 5.69 Å². The Hall–Kier alpha value is -2.37. The molecule has 1 aliphatic heterocycles. The van der Waals surface area contributed by atoms with Gasteiger partial charge in [-0.2, -0.15) is 4.98 Å². The molecule has 122 valence electrons. The summed E-state index contributed by atoms with van der Waals surface area (Å²) in [5.41, 5.74) is 2.38. The van der Waals surface area contributed by atoms with Gasteiger partial charge in [-0.25, -0.2) is 0 Å². The maximum absolute atomic E-state index is 12.4. The molecule has 23 heavy (non-hydrogen) atoms. The molecule has 1 aliphatic rings. The van der Waals surface area contributed by atoms with Crippen LogP contribution in [0, 0.1) is 6.92 Å². The minimum absolute atomic E-state index is 0.137. The Labute approximate surface area is 135 Å². The molecule has 2 heterocycles. The lowest BCUT2D eigenvalue weighted by Crippen LogP contribution is -2.42. The quantitative estimate of drug-likeness (QED) is 0.939. The van der Waals surface area contributed by atoms with Gasteiger partial charge in [0.25, 0.3) is 11.7 Å². The molecule has 3 rings (SSSR count). The summed E-state index contributed by atoms with van der Waals surface area (Å²) in [6.45, 7) is 5.42. The van der Waals surface area contributed by atoms with E-state index in [0.29, 0.717) is 31.4 Å². The number of anilines is 1. The summed E-state index contributed by atoms with van der Waals surface area (Å²) in [5, 5.41) is 7.31. The highest BCUT2D eigenvalue weighted by Crippen LogP contribution is 2.18. The molecule has 0 unspecified atom stereocenters. The molecule has 1 amide bonds. The lowest BCUT2D eigenvalue weighted by Gasteiger charge is -2.32. The van der Waals surface area contributed by atoms with Crippen molar-refractivity contribution in [2.75, 3.05) is 18.4 Å². The Morgan fingerprint density at radius 2 is 2.17 bits per heavy atom. The van der Waals surface area contributed by atoms with E-state index in [-0.39, 0.29) is 11.7 Å². The Balaban J connectivity index is 1.54. The summed E-state index contributed by atoms with van der Waals surface area (Å²) in [6.07, 6.45) is 2.47. The van der Waals surface area contributed by atoms with E-state index in [4.69, 9.17) is 4.52 Å². The zero-order chi connectivity index (χ0) is 16.2. The number of hydrogen-bond donors (Lipinski definition) is 1. The molecule has 1 saturated heterocycles.